The number of nitrogens with zero attached hydrogens (tertiary/aromatic N) is 2. The monoisotopic (exact) mass is 300 g/mol. The summed E-state index contributed by atoms with van der Waals surface area (Å²) in [4.78, 5) is 5.42. The second-order valence-corrected chi connectivity index (χ2v) is 5.37. The largest absolute Gasteiger partial charge is 0.478 e. The lowest BCUT2D eigenvalue weighted by atomic mass is 10.2. The number of aromatic nitrogens is 3. The van der Waals surface area contributed by atoms with E-state index in [0.29, 0.717) is 19.0 Å². The van der Waals surface area contributed by atoms with Gasteiger partial charge in [0.1, 0.15) is 0 Å². The Kier molecular flexibility index (Phi) is 4.16. The van der Waals surface area contributed by atoms with E-state index < -0.39 is 0 Å². The van der Waals surface area contributed by atoms with E-state index >= 15 is 0 Å². The molecule has 6 heteroatoms. The summed E-state index contributed by atoms with van der Waals surface area (Å²) in [7, 11) is 0. The van der Waals surface area contributed by atoms with Crippen molar-refractivity contribution in [3.8, 4) is 16.5 Å². The van der Waals surface area contributed by atoms with E-state index in [1.165, 1.54) is 4.88 Å². The average Bonchev–Trinajstić information content (AvgIpc) is 3.18. The zero-order chi connectivity index (χ0) is 14.5. The summed E-state index contributed by atoms with van der Waals surface area (Å²) in [5.74, 6) is 0.644. The maximum atomic E-state index is 5.33. The molecule has 3 rings (SSSR count). The number of nitrogens with one attached hydrogen (secondary N) is 2. The van der Waals surface area contributed by atoms with Crippen molar-refractivity contribution < 1.29 is 4.74 Å². The van der Waals surface area contributed by atoms with Gasteiger partial charge >= 0.3 is 0 Å². The van der Waals surface area contributed by atoms with E-state index in [0.717, 1.165) is 16.9 Å². The fourth-order valence-corrected chi connectivity index (χ4v) is 2.75. The lowest BCUT2D eigenvalue weighted by Gasteiger charge is -2.07. The van der Waals surface area contributed by atoms with Crippen LogP contribution in [0, 0.1) is 0 Å². The van der Waals surface area contributed by atoms with Crippen molar-refractivity contribution in [2.24, 2.45) is 0 Å². The van der Waals surface area contributed by atoms with Gasteiger partial charge in [0.15, 0.2) is 0 Å². The number of ether oxygens (including phenoxy) is 1. The molecule has 0 amide bonds. The number of anilines is 1. The predicted octanol–water partition coefficient (Wildman–Crippen LogP) is 3.54. The Bertz CT molecular complexity index is 676. The molecule has 0 aliphatic heterocycles. The van der Waals surface area contributed by atoms with Gasteiger partial charge in [0.05, 0.1) is 35.3 Å². The Morgan fingerprint density at radius 1 is 1.29 bits per heavy atom. The normalized spacial score (nSPS) is 10.5. The molecule has 0 radical (unpaired) electrons. The van der Waals surface area contributed by atoms with Crippen LogP contribution in [0.15, 0.2) is 42.0 Å². The van der Waals surface area contributed by atoms with Crippen molar-refractivity contribution in [3.05, 3.63) is 47.6 Å². The molecule has 5 nitrogen and oxygen atoms in total. The van der Waals surface area contributed by atoms with Crippen LogP contribution in [-0.2, 0) is 6.54 Å². The van der Waals surface area contributed by atoms with Crippen molar-refractivity contribution in [2.75, 3.05) is 11.9 Å². The molecule has 3 heterocycles. The maximum Gasteiger partial charge on any atom is 0.213 e. The van der Waals surface area contributed by atoms with Crippen LogP contribution in [0.4, 0.5) is 5.69 Å². The highest BCUT2D eigenvalue weighted by Gasteiger charge is 2.08. The molecule has 0 bridgehead atoms. The van der Waals surface area contributed by atoms with Crippen molar-refractivity contribution in [2.45, 2.75) is 13.5 Å². The number of rotatable bonds is 6. The van der Waals surface area contributed by atoms with Crippen molar-refractivity contribution in [1.29, 1.82) is 0 Å². The lowest BCUT2D eigenvalue weighted by molar-refractivity contribution is 0.327. The molecule has 21 heavy (non-hydrogen) atoms. The highest BCUT2D eigenvalue weighted by atomic mass is 32.1. The molecule has 0 spiro atoms. The first-order valence-electron chi connectivity index (χ1n) is 6.75. The minimum absolute atomic E-state index is 0.624. The molecular formula is C15H16N4OS. The van der Waals surface area contributed by atoms with E-state index in [2.05, 4.69) is 31.9 Å². The Labute approximate surface area is 127 Å². The Hall–Kier alpha value is -2.34. The van der Waals surface area contributed by atoms with Crippen LogP contribution in [0.5, 0.6) is 5.88 Å². The minimum Gasteiger partial charge on any atom is -0.478 e. The standard InChI is InChI=1S/C15H16N4OS/c1-2-20-14-6-5-12(10-17-14)16-8-11-9-18-19-15(11)13-4-3-7-21-13/h3-7,9-10,16H,2,8H2,1H3,(H,18,19). The van der Waals surface area contributed by atoms with Gasteiger partial charge in [-0.05, 0) is 24.4 Å². The van der Waals surface area contributed by atoms with Gasteiger partial charge in [0, 0.05) is 18.2 Å². The zero-order valence-electron chi connectivity index (χ0n) is 11.7. The van der Waals surface area contributed by atoms with Crippen LogP contribution in [0.1, 0.15) is 12.5 Å². The topological polar surface area (TPSA) is 62.8 Å². The molecule has 0 aliphatic rings. The van der Waals surface area contributed by atoms with Crippen LogP contribution in [0.25, 0.3) is 10.6 Å². The lowest BCUT2D eigenvalue weighted by Crippen LogP contribution is -2.01. The van der Waals surface area contributed by atoms with Crippen LogP contribution in [0.2, 0.25) is 0 Å². The SMILES string of the molecule is CCOc1ccc(NCc2cn[nH]c2-c2cccs2)cn1. The molecule has 3 aromatic rings. The maximum absolute atomic E-state index is 5.33. The zero-order valence-corrected chi connectivity index (χ0v) is 12.5. The molecule has 0 atom stereocenters. The second-order valence-electron chi connectivity index (χ2n) is 4.42. The van der Waals surface area contributed by atoms with Crippen LogP contribution < -0.4 is 10.1 Å². The summed E-state index contributed by atoms with van der Waals surface area (Å²) in [5, 5.41) is 12.6. The third-order valence-electron chi connectivity index (χ3n) is 3.00. The van der Waals surface area contributed by atoms with Gasteiger partial charge in [-0.1, -0.05) is 6.07 Å². The number of thiophene rings is 1. The van der Waals surface area contributed by atoms with Crippen LogP contribution in [-0.4, -0.2) is 21.8 Å². The fourth-order valence-electron chi connectivity index (χ4n) is 1.99. The Morgan fingerprint density at radius 2 is 2.24 bits per heavy atom. The van der Waals surface area contributed by atoms with E-state index in [-0.39, 0.29) is 0 Å². The molecule has 0 saturated heterocycles. The highest BCUT2D eigenvalue weighted by Crippen LogP contribution is 2.26. The molecule has 0 fully saturated rings. The summed E-state index contributed by atoms with van der Waals surface area (Å²) in [6.45, 7) is 3.26. The number of H-pyrrole nitrogens is 1. The minimum atomic E-state index is 0.624. The summed E-state index contributed by atoms with van der Waals surface area (Å²) in [5.41, 5.74) is 3.15. The van der Waals surface area contributed by atoms with Gasteiger partial charge in [-0.2, -0.15) is 5.10 Å². The molecule has 0 aliphatic carbocycles. The molecular weight excluding hydrogens is 284 g/mol. The summed E-state index contributed by atoms with van der Waals surface area (Å²) in [6, 6.07) is 7.94. The molecule has 0 unspecified atom stereocenters. The average molecular weight is 300 g/mol. The van der Waals surface area contributed by atoms with E-state index in [1.54, 1.807) is 17.5 Å². The summed E-state index contributed by atoms with van der Waals surface area (Å²) >= 11 is 1.70. The molecule has 3 aromatic heterocycles. The molecule has 2 N–H and O–H groups in total. The van der Waals surface area contributed by atoms with Crippen LogP contribution >= 0.6 is 11.3 Å². The van der Waals surface area contributed by atoms with Gasteiger partial charge in [-0.15, -0.1) is 11.3 Å². The summed E-state index contributed by atoms with van der Waals surface area (Å²) < 4.78 is 5.33. The Morgan fingerprint density at radius 3 is 2.95 bits per heavy atom. The second kappa shape index (κ2) is 6.41. The number of pyridine rings is 1. The quantitative estimate of drug-likeness (QED) is 0.731. The van der Waals surface area contributed by atoms with E-state index in [4.69, 9.17) is 4.74 Å². The first-order chi connectivity index (χ1) is 10.4. The third kappa shape index (κ3) is 3.22. The number of aromatic amines is 1. The van der Waals surface area contributed by atoms with E-state index in [1.807, 2.05) is 31.3 Å². The van der Waals surface area contributed by atoms with E-state index in [9.17, 15) is 0 Å². The van der Waals surface area contributed by atoms with Crippen molar-refractivity contribution in [3.63, 3.8) is 0 Å². The van der Waals surface area contributed by atoms with Gasteiger partial charge in [-0.3, -0.25) is 5.10 Å². The smallest absolute Gasteiger partial charge is 0.213 e. The van der Waals surface area contributed by atoms with Gasteiger partial charge in [0.25, 0.3) is 0 Å². The molecule has 0 saturated carbocycles. The third-order valence-corrected chi connectivity index (χ3v) is 3.88. The first-order valence-corrected chi connectivity index (χ1v) is 7.63. The molecule has 0 aromatic carbocycles. The van der Waals surface area contributed by atoms with Crippen molar-refractivity contribution >= 4 is 17.0 Å². The predicted molar refractivity (Wildman–Crippen MR) is 84.6 cm³/mol. The van der Waals surface area contributed by atoms with Crippen molar-refractivity contribution in [1.82, 2.24) is 15.2 Å². The van der Waals surface area contributed by atoms with Gasteiger partial charge in [-0.25, -0.2) is 4.98 Å². The molecule has 108 valence electrons. The van der Waals surface area contributed by atoms with Crippen LogP contribution in [0.3, 0.4) is 0 Å². The fraction of sp³-hybridized carbons (Fsp3) is 0.200. The summed E-state index contributed by atoms with van der Waals surface area (Å²) in [6.07, 6.45) is 3.62. The Balaban J connectivity index is 1.67. The number of hydrogen-bond acceptors (Lipinski definition) is 5. The highest BCUT2D eigenvalue weighted by molar-refractivity contribution is 7.13. The first kappa shape index (κ1) is 13.6. The number of hydrogen-bond donors (Lipinski definition) is 2. The van der Waals surface area contributed by atoms with Gasteiger partial charge in [0.2, 0.25) is 5.88 Å². The van der Waals surface area contributed by atoms with Gasteiger partial charge < -0.3 is 10.1 Å².